The molecule has 0 saturated carbocycles. The Hall–Kier alpha value is -2.49. The highest BCUT2D eigenvalue weighted by Gasteiger charge is 2.10. The number of anilines is 2. The van der Waals surface area contributed by atoms with Crippen molar-refractivity contribution in [2.24, 2.45) is 0 Å². The van der Waals surface area contributed by atoms with Crippen LogP contribution in [0, 0.1) is 6.92 Å². The number of carbonyl (C=O) groups excluding carboxylic acids is 1. The number of carbonyl (C=O) groups is 1. The predicted octanol–water partition coefficient (Wildman–Crippen LogP) is 3.23. The highest BCUT2D eigenvalue weighted by molar-refractivity contribution is 6.05. The molecule has 0 fully saturated rings. The van der Waals surface area contributed by atoms with E-state index in [-0.39, 0.29) is 5.91 Å². The van der Waals surface area contributed by atoms with Crippen LogP contribution in [0.15, 0.2) is 42.5 Å². The third-order valence-corrected chi connectivity index (χ3v) is 2.98. The fourth-order valence-corrected chi connectivity index (χ4v) is 1.83. The minimum atomic E-state index is -0.205. The Bertz CT molecular complexity index is 624. The molecule has 1 amide bonds. The van der Waals surface area contributed by atoms with E-state index in [2.05, 4.69) is 5.32 Å². The van der Waals surface area contributed by atoms with Gasteiger partial charge in [-0.1, -0.05) is 18.2 Å². The second-order valence-electron chi connectivity index (χ2n) is 4.45. The third kappa shape index (κ3) is 3.09. The summed E-state index contributed by atoms with van der Waals surface area (Å²) in [6.45, 7) is 4.35. The molecule has 0 saturated heterocycles. The number of aryl methyl sites for hydroxylation is 1. The second kappa shape index (κ2) is 6.10. The first kappa shape index (κ1) is 13.9. The average molecular weight is 270 g/mol. The Balaban J connectivity index is 2.21. The van der Waals surface area contributed by atoms with Gasteiger partial charge in [-0.05, 0) is 43.7 Å². The molecule has 2 aromatic rings. The summed E-state index contributed by atoms with van der Waals surface area (Å²) in [7, 11) is 0. The molecule has 0 aliphatic carbocycles. The van der Waals surface area contributed by atoms with E-state index in [1.165, 1.54) is 0 Å². The minimum absolute atomic E-state index is 0.205. The van der Waals surface area contributed by atoms with Gasteiger partial charge in [0, 0.05) is 11.3 Å². The van der Waals surface area contributed by atoms with E-state index in [0.29, 0.717) is 29.3 Å². The van der Waals surface area contributed by atoms with Crippen molar-refractivity contribution in [3.63, 3.8) is 0 Å². The molecular formula is C16H18N2O2. The number of nitrogen functional groups attached to an aromatic ring is 1. The lowest BCUT2D eigenvalue weighted by Gasteiger charge is -2.11. The van der Waals surface area contributed by atoms with Gasteiger partial charge in [0.25, 0.3) is 5.91 Å². The Kier molecular flexibility index (Phi) is 4.25. The monoisotopic (exact) mass is 270 g/mol. The van der Waals surface area contributed by atoms with Crippen molar-refractivity contribution >= 4 is 17.3 Å². The molecule has 2 rings (SSSR count). The summed E-state index contributed by atoms with van der Waals surface area (Å²) >= 11 is 0. The number of nitrogens with two attached hydrogens (primary N) is 1. The smallest absolute Gasteiger partial charge is 0.255 e. The second-order valence-corrected chi connectivity index (χ2v) is 4.45. The zero-order chi connectivity index (χ0) is 14.5. The number of hydrogen-bond donors (Lipinski definition) is 2. The molecule has 4 heteroatoms. The van der Waals surface area contributed by atoms with E-state index < -0.39 is 0 Å². The van der Waals surface area contributed by atoms with Crippen LogP contribution in [0.25, 0.3) is 0 Å². The molecule has 0 aliphatic rings. The number of rotatable bonds is 4. The number of para-hydroxylation sites is 2. The molecule has 104 valence electrons. The van der Waals surface area contributed by atoms with E-state index in [1.54, 1.807) is 18.2 Å². The quantitative estimate of drug-likeness (QED) is 0.838. The third-order valence-electron chi connectivity index (χ3n) is 2.98. The Morgan fingerprint density at radius 2 is 2.00 bits per heavy atom. The van der Waals surface area contributed by atoms with Crippen molar-refractivity contribution in [2.75, 3.05) is 17.7 Å². The van der Waals surface area contributed by atoms with Crippen LogP contribution in [0.4, 0.5) is 11.4 Å². The summed E-state index contributed by atoms with van der Waals surface area (Å²) in [6.07, 6.45) is 0. The molecule has 0 atom stereocenters. The van der Waals surface area contributed by atoms with Crippen LogP contribution in [0.1, 0.15) is 22.8 Å². The highest BCUT2D eigenvalue weighted by Crippen LogP contribution is 2.24. The molecular weight excluding hydrogens is 252 g/mol. The molecule has 0 spiro atoms. The number of nitrogens with one attached hydrogen (secondary N) is 1. The van der Waals surface area contributed by atoms with Crippen LogP contribution in [0.3, 0.4) is 0 Å². The maximum absolute atomic E-state index is 12.2. The molecule has 0 aliphatic heterocycles. The van der Waals surface area contributed by atoms with Crippen LogP contribution in [0.5, 0.6) is 5.75 Å². The van der Waals surface area contributed by atoms with E-state index in [0.717, 1.165) is 5.56 Å². The number of amides is 1. The maximum Gasteiger partial charge on any atom is 0.255 e. The molecule has 0 unspecified atom stereocenters. The van der Waals surface area contributed by atoms with Gasteiger partial charge < -0.3 is 15.8 Å². The predicted molar refractivity (Wildman–Crippen MR) is 81.2 cm³/mol. The maximum atomic E-state index is 12.2. The van der Waals surface area contributed by atoms with Crippen LogP contribution < -0.4 is 15.8 Å². The first-order valence-electron chi connectivity index (χ1n) is 6.51. The van der Waals surface area contributed by atoms with Gasteiger partial charge in [0.1, 0.15) is 5.75 Å². The fraction of sp³-hybridized carbons (Fsp3) is 0.188. The summed E-state index contributed by atoms with van der Waals surface area (Å²) < 4.78 is 5.48. The highest BCUT2D eigenvalue weighted by atomic mass is 16.5. The standard InChI is InChI=1S/C16H18N2O2/c1-3-20-15-7-5-4-6-14(15)18-16(19)12-9-8-11(2)13(17)10-12/h4-10H,3,17H2,1-2H3,(H,18,19). The molecule has 0 heterocycles. The number of hydrogen-bond acceptors (Lipinski definition) is 3. The van der Waals surface area contributed by atoms with Crippen LogP contribution in [-0.4, -0.2) is 12.5 Å². The Labute approximate surface area is 118 Å². The summed E-state index contributed by atoms with van der Waals surface area (Å²) in [6, 6.07) is 12.6. The lowest BCUT2D eigenvalue weighted by atomic mass is 10.1. The van der Waals surface area contributed by atoms with Crippen molar-refractivity contribution in [3.8, 4) is 5.75 Å². The van der Waals surface area contributed by atoms with Crippen LogP contribution in [0.2, 0.25) is 0 Å². The van der Waals surface area contributed by atoms with Crippen molar-refractivity contribution in [1.29, 1.82) is 0 Å². The van der Waals surface area contributed by atoms with Crippen molar-refractivity contribution in [3.05, 3.63) is 53.6 Å². The SMILES string of the molecule is CCOc1ccccc1NC(=O)c1ccc(C)c(N)c1. The van der Waals surface area contributed by atoms with Crippen molar-refractivity contribution in [2.45, 2.75) is 13.8 Å². The first-order chi connectivity index (χ1) is 9.61. The topological polar surface area (TPSA) is 64.3 Å². The fourth-order valence-electron chi connectivity index (χ4n) is 1.83. The minimum Gasteiger partial charge on any atom is -0.492 e. The van der Waals surface area contributed by atoms with Gasteiger partial charge in [0.05, 0.1) is 12.3 Å². The lowest BCUT2D eigenvalue weighted by molar-refractivity contribution is 0.102. The zero-order valence-corrected chi connectivity index (χ0v) is 11.6. The molecule has 2 aromatic carbocycles. The van der Waals surface area contributed by atoms with Gasteiger partial charge in [-0.25, -0.2) is 0 Å². The molecule has 0 bridgehead atoms. The zero-order valence-electron chi connectivity index (χ0n) is 11.6. The van der Waals surface area contributed by atoms with Crippen LogP contribution >= 0.6 is 0 Å². The summed E-state index contributed by atoms with van der Waals surface area (Å²) in [4.78, 5) is 12.2. The molecule has 20 heavy (non-hydrogen) atoms. The van der Waals surface area contributed by atoms with E-state index in [1.807, 2.05) is 38.1 Å². The van der Waals surface area contributed by atoms with E-state index >= 15 is 0 Å². The average Bonchev–Trinajstić information content (AvgIpc) is 2.44. The van der Waals surface area contributed by atoms with Gasteiger partial charge >= 0.3 is 0 Å². The lowest BCUT2D eigenvalue weighted by Crippen LogP contribution is -2.13. The Morgan fingerprint density at radius 1 is 1.25 bits per heavy atom. The molecule has 3 N–H and O–H groups in total. The van der Waals surface area contributed by atoms with Crippen molar-refractivity contribution in [1.82, 2.24) is 0 Å². The van der Waals surface area contributed by atoms with Gasteiger partial charge in [0.15, 0.2) is 0 Å². The van der Waals surface area contributed by atoms with Gasteiger partial charge in [-0.3, -0.25) is 4.79 Å². The molecule has 4 nitrogen and oxygen atoms in total. The Morgan fingerprint density at radius 3 is 2.70 bits per heavy atom. The summed E-state index contributed by atoms with van der Waals surface area (Å²) in [5.74, 6) is 0.451. The first-order valence-corrected chi connectivity index (χ1v) is 6.51. The molecule has 0 radical (unpaired) electrons. The van der Waals surface area contributed by atoms with E-state index in [4.69, 9.17) is 10.5 Å². The van der Waals surface area contributed by atoms with Gasteiger partial charge in [-0.2, -0.15) is 0 Å². The molecule has 0 aromatic heterocycles. The summed E-state index contributed by atoms with van der Waals surface area (Å²) in [5, 5.41) is 2.84. The van der Waals surface area contributed by atoms with E-state index in [9.17, 15) is 4.79 Å². The number of benzene rings is 2. The van der Waals surface area contributed by atoms with Gasteiger partial charge in [0.2, 0.25) is 0 Å². The normalized spacial score (nSPS) is 10.1. The van der Waals surface area contributed by atoms with Gasteiger partial charge in [-0.15, -0.1) is 0 Å². The number of ether oxygens (including phenoxy) is 1. The van der Waals surface area contributed by atoms with Crippen molar-refractivity contribution < 1.29 is 9.53 Å². The largest absolute Gasteiger partial charge is 0.492 e. The van der Waals surface area contributed by atoms with Crippen LogP contribution in [-0.2, 0) is 0 Å². The summed E-state index contributed by atoms with van der Waals surface area (Å²) in [5.41, 5.74) is 8.57.